The van der Waals surface area contributed by atoms with Crippen molar-refractivity contribution >= 4 is 28.6 Å². The highest BCUT2D eigenvalue weighted by Gasteiger charge is 2.21. The third kappa shape index (κ3) is 2.62. The van der Waals surface area contributed by atoms with Gasteiger partial charge in [-0.25, -0.2) is 9.80 Å². The third-order valence-electron chi connectivity index (χ3n) is 2.29. The van der Waals surface area contributed by atoms with E-state index in [1.807, 2.05) is 6.07 Å². The summed E-state index contributed by atoms with van der Waals surface area (Å²) in [6, 6.07) is 8.47. The molecule has 2 rings (SSSR count). The van der Waals surface area contributed by atoms with Crippen LogP contribution in [0.4, 0.5) is 4.79 Å². The largest absolute Gasteiger partial charge is 0.337 e. The van der Waals surface area contributed by atoms with Gasteiger partial charge in [-0.1, -0.05) is 30.3 Å². The van der Waals surface area contributed by atoms with Gasteiger partial charge in [0.2, 0.25) is 0 Å². The highest BCUT2D eigenvalue weighted by atomic mass is 35.5. The Hall–Kier alpha value is -1.88. The summed E-state index contributed by atoms with van der Waals surface area (Å²) in [5.74, 6) is 0. The van der Waals surface area contributed by atoms with Gasteiger partial charge in [0.1, 0.15) is 0 Å². The number of hydrogen-bond donors (Lipinski definition) is 1. The Morgan fingerprint density at radius 1 is 1.35 bits per heavy atom. The summed E-state index contributed by atoms with van der Waals surface area (Å²) in [4.78, 5) is 22.6. The minimum atomic E-state index is -0.684. The minimum absolute atomic E-state index is 0.0734. The van der Waals surface area contributed by atoms with Crippen LogP contribution in [0.3, 0.4) is 0 Å². The van der Waals surface area contributed by atoms with Crippen LogP contribution in [-0.4, -0.2) is 35.1 Å². The van der Waals surface area contributed by atoms with Gasteiger partial charge < -0.3 is 5.32 Å². The van der Waals surface area contributed by atoms with E-state index < -0.39 is 5.24 Å². The van der Waals surface area contributed by atoms with Crippen LogP contribution >= 0.6 is 11.6 Å². The number of hydrogen-bond acceptors (Lipinski definition) is 3. The molecule has 0 spiro atoms. The van der Waals surface area contributed by atoms with Gasteiger partial charge in [-0.2, -0.15) is 5.10 Å². The fraction of sp³-hybridized carbons (Fsp3) is 0.182. The van der Waals surface area contributed by atoms with Crippen LogP contribution in [0.2, 0.25) is 0 Å². The molecule has 0 radical (unpaired) electrons. The average Bonchev–Trinajstić information content (AvgIpc) is 2.72. The molecule has 1 heterocycles. The predicted octanol–water partition coefficient (Wildman–Crippen LogP) is 1.18. The first-order valence-electron chi connectivity index (χ1n) is 5.07. The van der Waals surface area contributed by atoms with Gasteiger partial charge >= 0.3 is 6.03 Å². The first-order valence-corrected chi connectivity index (χ1v) is 5.45. The Bertz CT molecular complexity index is 473. The SMILES string of the molecule is O=C(Cl)C(=NN1CCNC1=O)c1ccccc1. The van der Waals surface area contributed by atoms with Crippen molar-refractivity contribution < 1.29 is 9.59 Å². The number of carbonyl (C=O) groups is 2. The van der Waals surface area contributed by atoms with Crippen LogP contribution < -0.4 is 5.32 Å². The molecule has 6 heteroatoms. The maximum atomic E-state index is 11.3. The van der Waals surface area contributed by atoms with Crippen molar-refractivity contribution in [1.82, 2.24) is 10.3 Å². The van der Waals surface area contributed by atoms with Crippen molar-refractivity contribution in [3.8, 4) is 0 Å². The predicted molar refractivity (Wildman–Crippen MR) is 63.9 cm³/mol. The molecule has 0 aromatic heterocycles. The van der Waals surface area contributed by atoms with E-state index in [9.17, 15) is 9.59 Å². The molecule has 5 nitrogen and oxygen atoms in total. The molecule has 0 atom stereocenters. The zero-order valence-corrected chi connectivity index (χ0v) is 9.65. The van der Waals surface area contributed by atoms with Crippen LogP contribution in [0, 0.1) is 0 Å². The molecule has 1 aliphatic rings. The lowest BCUT2D eigenvalue weighted by atomic mass is 10.1. The lowest BCUT2D eigenvalue weighted by Crippen LogP contribution is -2.26. The van der Waals surface area contributed by atoms with E-state index in [1.165, 1.54) is 5.01 Å². The summed E-state index contributed by atoms with van der Waals surface area (Å²) < 4.78 is 0. The molecule has 1 saturated heterocycles. The van der Waals surface area contributed by atoms with Gasteiger partial charge in [0.05, 0.1) is 6.54 Å². The Labute approximate surface area is 103 Å². The highest BCUT2D eigenvalue weighted by Crippen LogP contribution is 2.07. The minimum Gasteiger partial charge on any atom is -0.335 e. The number of nitrogens with zero attached hydrogens (tertiary/aromatic N) is 2. The Balaban J connectivity index is 2.33. The number of benzene rings is 1. The first kappa shape index (κ1) is 11.6. The Kier molecular flexibility index (Phi) is 3.39. The molecule has 1 fully saturated rings. The molecule has 1 aromatic rings. The number of carbonyl (C=O) groups excluding carboxylic acids is 2. The van der Waals surface area contributed by atoms with E-state index in [2.05, 4.69) is 10.4 Å². The molecule has 1 N–H and O–H groups in total. The standard InChI is InChI=1S/C11H10ClN3O2/c12-10(16)9(8-4-2-1-3-5-8)14-15-7-6-13-11(15)17/h1-5H,6-7H2,(H,13,17). The molecule has 0 saturated carbocycles. The Morgan fingerprint density at radius 2 is 2.06 bits per heavy atom. The fourth-order valence-corrected chi connectivity index (χ4v) is 1.63. The number of urea groups is 1. The fourth-order valence-electron chi connectivity index (χ4n) is 1.48. The van der Waals surface area contributed by atoms with Crippen molar-refractivity contribution in [2.75, 3.05) is 13.1 Å². The molecule has 1 aliphatic heterocycles. The van der Waals surface area contributed by atoms with Crippen molar-refractivity contribution in [2.45, 2.75) is 0 Å². The van der Waals surface area contributed by atoms with E-state index in [0.717, 1.165) is 0 Å². The topological polar surface area (TPSA) is 61.8 Å². The molecule has 17 heavy (non-hydrogen) atoms. The second-order valence-corrected chi connectivity index (χ2v) is 3.79. The molecule has 0 aliphatic carbocycles. The quantitative estimate of drug-likeness (QED) is 0.648. The summed E-state index contributed by atoms with van der Waals surface area (Å²) in [5.41, 5.74) is 0.663. The van der Waals surface area contributed by atoms with E-state index in [1.54, 1.807) is 24.3 Å². The van der Waals surface area contributed by atoms with Crippen LogP contribution in [0.25, 0.3) is 0 Å². The molecular weight excluding hydrogens is 242 g/mol. The van der Waals surface area contributed by atoms with Gasteiger partial charge in [-0.05, 0) is 11.6 Å². The second-order valence-electron chi connectivity index (χ2n) is 3.44. The zero-order valence-electron chi connectivity index (χ0n) is 8.89. The number of hydrazone groups is 1. The summed E-state index contributed by atoms with van der Waals surface area (Å²) in [6.07, 6.45) is 0. The number of amides is 2. The summed E-state index contributed by atoms with van der Waals surface area (Å²) in [5, 5.41) is 7.09. The number of rotatable bonds is 3. The molecule has 88 valence electrons. The maximum Gasteiger partial charge on any atom is 0.337 e. The summed E-state index contributed by atoms with van der Waals surface area (Å²) >= 11 is 5.48. The number of halogens is 1. The second kappa shape index (κ2) is 4.97. The third-order valence-corrected chi connectivity index (χ3v) is 2.47. The van der Waals surface area contributed by atoms with Crippen molar-refractivity contribution in [2.24, 2.45) is 5.10 Å². The van der Waals surface area contributed by atoms with Gasteiger partial charge in [0, 0.05) is 12.1 Å². The normalized spacial score (nSPS) is 15.9. The molecular formula is C11H10ClN3O2. The van der Waals surface area contributed by atoms with Gasteiger partial charge in [-0.15, -0.1) is 0 Å². The monoisotopic (exact) mass is 251 g/mol. The highest BCUT2D eigenvalue weighted by molar-refractivity contribution is 6.84. The molecule has 2 amide bonds. The van der Waals surface area contributed by atoms with Crippen LogP contribution in [0.5, 0.6) is 0 Å². The van der Waals surface area contributed by atoms with Crippen molar-refractivity contribution in [1.29, 1.82) is 0 Å². The van der Waals surface area contributed by atoms with Crippen LogP contribution in [0.15, 0.2) is 35.4 Å². The summed E-state index contributed by atoms with van der Waals surface area (Å²) in [7, 11) is 0. The van der Waals surface area contributed by atoms with Gasteiger partial charge in [0.25, 0.3) is 5.24 Å². The van der Waals surface area contributed by atoms with Crippen LogP contribution in [0.1, 0.15) is 5.56 Å². The van der Waals surface area contributed by atoms with Crippen molar-refractivity contribution in [3.05, 3.63) is 35.9 Å². The van der Waals surface area contributed by atoms with Crippen molar-refractivity contribution in [3.63, 3.8) is 0 Å². The van der Waals surface area contributed by atoms with Crippen LogP contribution in [-0.2, 0) is 4.79 Å². The van der Waals surface area contributed by atoms with E-state index >= 15 is 0 Å². The molecule has 1 aromatic carbocycles. The van der Waals surface area contributed by atoms with E-state index in [4.69, 9.17) is 11.6 Å². The van der Waals surface area contributed by atoms with Gasteiger partial charge in [-0.3, -0.25) is 4.79 Å². The number of nitrogens with one attached hydrogen (secondary N) is 1. The average molecular weight is 252 g/mol. The zero-order chi connectivity index (χ0) is 12.3. The Morgan fingerprint density at radius 3 is 2.59 bits per heavy atom. The van der Waals surface area contributed by atoms with E-state index in [0.29, 0.717) is 18.7 Å². The maximum absolute atomic E-state index is 11.3. The van der Waals surface area contributed by atoms with E-state index in [-0.39, 0.29) is 11.7 Å². The first-order chi connectivity index (χ1) is 8.18. The smallest absolute Gasteiger partial charge is 0.335 e. The molecule has 0 unspecified atom stereocenters. The lowest BCUT2D eigenvalue weighted by molar-refractivity contribution is -0.106. The lowest BCUT2D eigenvalue weighted by Gasteiger charge is -2.09. The van der Waals surface area contributed by atoms with Gasteiger partial charge in [0.15, 0.2) is 5.71 Å². The summed E-state index contributed by atoms with van der Waals surface area (Å²) in [6.45, 7) is 0.945. The molecule has 0 bridgehead atoms.